The molecule has 0 saturated heterocycles. The van der Waals surface area contributed by atoms with E-state index in [1.165, 1.54) is 11.8 Å². The first-order valence-electron chi connectivity index (χ1n) is 9.20. The van der Waals surface area contributed by atoms with E-state index in [0.717, 1.165) is 29.8 Å². The predicted molar refractivity (Wildman–Crippen MR) is 102 cm³/mol. The van der Waals surface area contributed by atoms with Gasteiger partial charge in [-0.1, -0.05) is 31.4 Å². The van der Waals surface area contributed by atoms with Crippen molar-refractivity contribution in [3.8, 4) is 0 Å². The number of benzene rings is 1. The van der Waals surface area contributed by atoms with Gasteiger partial charge in [-0.3, -0.25) is 14.4 Å². The van der Waals surface area contributed by atoms with Crippen LogP contribution in [-0.4, -0.2) is 35.1 Å². The minimum Gasteiger partial charge on any atom is -0.354 e. The predicted octanol–water partition coefficient (Wildman–Crippen LogP) is 2.44. The third-order valence-electron chi connectivity index (χ3n) is 4.94. The molecule has 3 amide bonds. The molecule has 0 aromatic heterocycles. The van der Waals surface area contributed by atoms with Crippen molar-refractivity contribution in [2.45, 2.75) is 61.1 Å². The molecule has 1 atom stereocenters. The van der Waals surface area contributed by atoms with Crippen LogP contribution in [-0.2, 0) is 14.4 Å². The van der Waals surface area contributed by atoms with E-state index in [2.05, 4.69) is 16.0 Å². The molecule has 1 aliphatic carbocycles. The Balaban J connectivity index is 1.67. The number of nitrogens with one attached hydrogen (secondary N) is 3. The third kappa shape index (κ3) is 4.03. The zero-order chi connectivity index (χ0) is 18.6. The van der Waals surface area contributed by atoms with Gasteiger partial charge in [0.05, 0.1) is 10.9 Å². The molecule has 6 nitrogen and oxygen atoms in total. The molecule has 1 aromatic rings. The van der Waals surface area contributed by atoms with E-state index in [1.54, 1.807) is 0 Å². The highest BCUT2D eigenvalue weighted by atomic mass is 32.2. The lowest BCUT2D eigenvalue weighted by Gasteiger charge is -2.37. The van der Waals surface area contributed by atoms with Crippen molar-refractivity contribution < 1.29 is 14.4 Å². The van der Waals surface area contributed by atoms with Gasteiger partial charge in [0.1, 0.15) is 5.54 Å². The van der Waals surface area contributed by atoms with Gasteiger partial charge in [-0.2, -0.15) is 0 Å². The number of fused-ring (bicyclic) bond motifs is 1. The molecule has 26 heavy (non-hydrogen) atoms. The minimum atomic E-state index is -0.834. The molecular formula is C19H25N3O3S. The Labute approximate surface area is 157 Å². The van der Waals surface area contributed by atoms with E-state index in [9.17, 15) is 14.4 Å². The molecule has 1 heterocycles. The van der Waals surface area contributed by atoms with Gasteiger partial charge in [-0.25, -0.2) is 0 Å². The van der Waals surface area contributed by atoms with Crippen molar-refractivity contribution in [1.29, 1.82) is 0 Å². The smallest absolute Gasteiger partial charge is 0.245 e. The van der Waals surface area contributed by atoms with Crippen LogP contribution in [0.4, 0.5) is 5.69 Å². The summed E-state index contributed by atoms with van der Waals surface area (Å²) < 4.78 is 0. The average molecular weight is 375 g/mol. The van der Waals surface area contributed by atoms with E-state index in [1.807, 2.05) is 31.2 Å². The fraction of sp³-hybridized carbons (Fsp3) is 0.526. The topological polar surface area (TPSA) is 87.3 Å². The average Bonchev–Trinajstić information content (AvgIpc) is 2.63. The molecule has 3 N–H and O–H groups in total. The first-order chi connectivity index (χ1) is 12.5. The highest BCUT2D eigenvalue weighted by molar-refractivity contribution is 8.01. The summed E-state index contributed by atoms with van der Waals surface area (Å²) >= 11 is 1.40. The lowest BCUT2D eigenvalue weighted by atomic mass is 9.80. The Morgan fingerprint density at radius 2 is 1.96 bits per heavy atom. The summed E-state index contributed by atoms with van der Waals surface area (Å²) in [4.78, 5) is 38.5. The number of hydrogen-bond donors (Lipinski definition) is 3. The second kappa shape index (κ2) is 8.12. The Bertz CT molecular complexity index is 701. The van der Waals surface area contributed by atoms with Crippen LogP contribution in [0.2, 0.25) is 0 Å². The molecule has 3 rings (SSSR count). The SMILES string of the molecule is CCNC(=O)C1(NC(=O)C[C@H]2Sc3ccccc3NC2=O)CCCCC1. The van der Waals surface area contributed by atoms with Crippen LogP contribution in [0.1, 0.15) is 45.4 Å². The standard InChI is InChI=1S/C19H25N3O3S/c1-2-20-18(25)19(10-6-3-7-11-19)22-16(23)12-15-17(24)21-13-8-4-5-9-14(13)26-15/h4-5,8-9,15H,2-3,6-7,10-12H2,1H3,(H,20,25)(H,21,24)(H,22,23)/t15-/m1/s1. The highest BCUT2D eigenvalue weighted by Gasteiger charge is 2.41. The summed E-state index contributed by atoms with van der Waals surface area (Å²) in [5.74, 6) is -0.524. The maximum Gasteiger partial charge on any atom is 0.245 e. The van der Waals surface area contributed by atoms with E-state index in [4.69, 9.17) is 0 Å². The first-order valence-corrected chi connectivity index (χ1v) is 10.1. The second-order valence-corrected chi connectivity index (χ2v) is 8.09. The molecule has 0 unspecified atom stereocenters. The van der Waals surface area contributed by atoms with E-state index < -0.39 is 10.8 Å². The number of rotatable bonds is 5. The van der Waals surface area contributed by atoms with Gasteiger partial charge in [0.25, 0.3) is 0 Å². The van der Waals surface area contributed by atoms with Crippen LogP contribution in [0, 0.1) is 0 Å². The second-order valence-electron chi connectivity index (χ2n) is 6.85. The number of likely N-dealkylation sites (N-methyl/N-ethyl adjacent to an activating group) is 1. The number of hydrogen-bond acceptors (Lipinski definition) is 4. The van der Waals surface area contributed by atoms with Gasteiger partial charge in [-0.05, 0) is 31.9 Å². The largest absolute Gasteiger partial charge is 0.354 e. The molecule has 1 aliphatic heterocycles. The van der Waals surface area contributed by atoms with Crippen LogP contribution in [0.3, 0.4) is 0 Å². The first kappa shape index (κ1) is 18.8. The summed E-state index contributed by atoms with van der Waals surface area (Å²) in [7, 11) is 0. The molecule has 7 heteroatoms. The van der Waals surface area contributed by atoms with Crippen molar-refractivity contribution in [1.82, 2.24) is 10.6 Å². The number of amides is 3. The Morgan fingerprint density at radius 1 is 1.23 bits per heavy atom. The normalized spacial score (nSPS) is 21.3. The molecule has 2 aliphatic rings. The van der Waals surface area contributed by atoms with Crippen molar-refractivity contribution in [2.24, 2.45) is 0 Å². The monoisotopic (exact) mass is 375 g/mol. The molecule has 0 radical (unpaired) electrons. The van der Waals surface area contributed by atoms with Crippen molar-refractivity contribution in [3.63, 3.8) is 0 Å². The van der Waals surface area contributed by atoms with Crippen LogP contribution in [0.25, 0.3) is 0 Å². The zero-order valence-electron chi connectivity index (χ0n) is 15.0. The molecule has 1 saturated carbocycles. The van der Waals surface area contributed by atoms with E-state index in [0.29, 0.717) is 19.4 Å². The molecule has 1 fully saturated rings. The van der Waals surface area contributed by atoms with E-state index in [-0.39, 0.29) is 24.1 Å². The fourth-order valence-corrected chi connectivity index (χ4v) is 4.72. The Hall–Kier alpha value is -2.02. The van der Waals surface area contributed by atoms with Gasteiger partial charge >= 0.3 is 0 Å². The Morgan fingerprint density at radius 3 is 2.69 bits per heavy atom. The quantitative estimate of drug-likeness (QED) is 0.738. The lowest BCUT2D eigenvalue weighted by Crippen LogP contribution is -2.60. The number of carbonyl (C=O) groups is 3. The van der Waals surface area contributed by atoms with Crippen molar-refractivity contribution in [2.75, 3.05) is 11.9 Å². The maximum absolute atomic E-state index is 12.7. The molecule has 0 bridgehead atoms. The lowest BCUT2D eigenvalue weighted by molar-refractivity contribution is -0.135. The fourth-order valence-electron chi connectivity index (χ4n) is 3.61. The summed E-state index contributed by atoms with van der Waals surface area (Å²) in [6.45, 7) is 2.41. The summed E-state index contributed by atoms with van der Waals surface area (Å²) in [5.41, 5.74) is -0.0516. The minimum absolute atomic E-state index is 0.0615. The van der Waals surface area contributed by atoms with E-state index >= 15 is 0 Å². The highest BCUT2D eigenvalue weighted by Crippen LogP contribution is 2.37. The summed E-state index contributed by atoms with van der Waals surface area (Å²) in [5, 5.41) is 8.18. The van der Waals surface area contributed by atoms with Crippen LogP contribution in [0.5, 0.6) is 0 Å². The van der Waals surface area contributed by atoms with Crippen LogP contribution < -0.4 is 16.0 Å². The Kier molecular flexibility index (Phi) is 5.86. The maximum atomic E-state index is 12.7. The van der Waals surface area contributed by atoms with Gasteiger partial charge < -0.3 is 16.0 Å². The van der Waals surface area contributed by atoms with Gasteiger partial charge in [0.2, 0.25) is 17.7 Å². The molecular weight excluding hydrogens is 350 g/mol. The number of anilines is 1. The van der Waals surface area contributed by atoms with Crippen molar-refractivity contribution in [3.05, 3.63) is 24.3 Å². The van der Waals surface area contributed by atoms with Gasteiger partial charge in [0, 0.05) is 17.9 Å². The summed E-state index contributed by atoms with van der Waals surface area (Å²) in [6, 6.07) is 7.56. The number of para-hydroxylation sites is 1. The molecule has 1 aromatic carbocycles. The zero-order valence-corrected chi connectivity index (χ0v) is 15.8. The molecule has 140 valence electrons. The van der Waals surface area contributed by atoms with Gasteiger partial charge in [0.15, 0.2) is 0 Å². The number of carbonyl (C=O) groups excluding carboxylic acids is 3. The van der Waals surface area contributed by atoms with Gasteiger partial charge in [-0.15, -0.1) is 11.8 Å². The molecule has 0 spiro atoms. The third-order valence-corrected chi connectivity index (χ3v) is 6.21. The number of thioether (sulfide) groups is 1. The summed E-state index contributed by atoms with van der Waals surface area (Å²) in [6.07, 6.45) is 4.28. The van der Waals surface area contributed by atoms with Crippen LogP contribution >= 0.6 is 11.8 Å². The van der Waals surface area contributed by atoms with Crippen LogP contribution in [0.15, 0.2) is 29.2 Å². The van der Waals surface area contributed by atoms with Crippen molar-refractivity contribution >= 4 is 35.2 Å².